The van der Waals surface area contributed by atoms with Crippen LogP contribution >= 0.6 is 0 Å². The maximum Gasteiger partial charge on any atom is 0.573 e. The number of alkyl halides is 3. The minimum atomic E-state index is -4.82. The van der Waals surface area contributed by atoms with Crippen LogP contribution in [0.25, 0.3) is 0 Å². The van der Waals surface area contributed by atoms with Crippen molar-refractivity contribution in [2.45, 2.75) is 11.3 Å². The van der Waals surface area contributed by atoms with E-state index < -0.39 is 34.6 Å². The molecule has 24 heavy (non-hydrogen) atoms. The molecular weight excluding hydrogens is 350 g/mol. The van der Waals surface area contributed by atoms with Gasteiger partial charge in [-0.3, -0.25) is 9.00 Å². The molecule has 0 fully saturated rings. The van der Waals surface area contributed by atoms with Crippen LogP contribution in [0.4, 0.5) is 23.2 Å². The van der Waals surface area contributed by atoms with Gasteiger partial charge in [-0.15, -0.1) is 13.2 Å². The van der Waals surface area contributed by atoms with Gasteiger partial charge in [0.2, 0.25) is 0 Å². The van der Waals surface area contributed by atoms with Crippen LogP contribution < -0.4 is 10.1 Å². The van der Waals surface area contributed by atoms with Gasteiger partial charge in [0.05, 0.1) is 15.7 Å². The maximum atomic E-state index is 13.7. The van der Waals surface area contributed by atoms with Gasteiger partial charge in [-0.2, -0.15) is 0 Å². The van der Waals surface area contributed by atoms with Crippen LogP contribution in [0.2, 0.25) is 0 Å². The van der Waals surface area contributed by atoms with E-state index in [9.17, 15) is 26.6 Å². The number of anilines is 1. The second kappa shape index (κ2) is 7.00. The molecule has 0 spiro atoms. The molecule has 0 radical (unpaired) electrons. The van der Waals surface area contributed by atoms with Gasteiger partial charge in [-0.1, -0.05) is 0 Å². The van der Waals surface area contributed by atoms with Crippen molar-refractivity contribution in [2.24, 2.45) is 0 Å². The average molecular weight is 361 g/mol. The molecule has 9 heteroatoms. The van der Waals surface area contributed by atoms with Crippen LogP contribution in [0.15, 0.2) is 47.4 Å². The van der Waals surface area contributed by atoms with Gasteiger partial charge in [0.15, 0.2) is 0 Å². The number of carbonyl (C=O) groups is 1. The predicted molar refractivity (Wildman–Crippen MR) is 79.8 cm³/mol. The van der Waals surface area contributed by atoms with Crippen molar-refractivity contribution >= 4 is 22.4 Å². The van der Waals surface area contributed by atoms with Crippen LogP contribution in [0, 0.1) is 5.82 Å². The lowest BCUT2D eigenvalue weighted by atomic mass is 10.2. The van der Waals surface area contributed by atoms with Crippen LogP contribution in [-0.2, 0) is 10.8 Å². The van der Waals surface area contributed by atoms with E-state index in [0.717, 1.165) is 30.3 Å². The zero-order valence-electron chi connectivity index (χ0n) is 12.2. The fourth-order valence-corrected chi connectivity index (χ4v) is 2.42. The first-order valence-corrected chi connectivity index (χ1v) is 8.01. The summed E-state index contributed by atoms with van der Waals surface area (Å²) in [4.78, 5) is 12.0. The van der Waals surface area contributed by atoms with E-state index in [2.05, 4.69) is 10.1 Å². The largest absolute Gasteiger partial charge is 0.573 e. The molecule has 1 unspecified atom stereocenters. The van der Waals surface area contributed by atoms with Gasteiger partial charge >= 0.3 is 6.36 Å². The van der Waals surface area contributed by atoms with E-state index in [1.807, 2.05) is 0 Å². The maximum absolute atomic E-state index is 13.7. The summed E-state index contributed by atoms with van der Waals surface area (Å²) in [5.41, 5.74) is 0.190. The highest BCUT2D eigenvalue weighted by atomic mass is 32.2. The number of nitrogens with one attached hydrogen (secondary N) is 1. The lowest BCUT2D eigenvalue weighted by molar-refractivity contribution is -0.274. The molecule has 2 aromatic rings. The number of hydrogen-bond acceptors (Lipinski definition) is 3. The summed E-state index contributed by atoms with van der Waals surface area (Å²) < 4.78 is 64.8. The predicted octanol–water partition coefficient (Wildman–Crippen LogP) is 3.71. The Morgan fingerprint density at radius 2 is 1.75 bits per heavy atom. The van der Waals surface area contributed by atoms with E-state index in [1.54, 1.807) is 0 Å². The molecule has 0 saturated carbocycles. The third-order valence-electron chi connectivity index (χ3n) is 2.85. The van der Waals surface area contributed by atoms with E-state index in [1.165, 1.54) is 18.4 Å². The molecule has 2 aromatic carbocycles. The highest BCUT2D eigenvalue weighted by Gasteiger charge is 2.31. The Morgan fingerprint density at radius 3 is 2.25 bits per heavy atom. The highest BCUT2D eigenvalue weighted by molar-refractivity contribution is 7.84. The lowest BCUT2D eigenvalue weighted by Gasteiger charge is -2.10. The molecular formula is C15H11F4NO3S. The molecule has 0 heterocycles. The fourth-order valence-electron chi connectivity index (χ4n) is 1.82. The number of carbonyl (C=O) groups excluding carboxylic acids is 1. The Hall–Kier alpha value is -2.42. The van der Waals surface area contributed by atoms with E-state index in [0.29, 0.717) is 0 Å². The zero-order valence-corrected chi connectivity index (χ0v) is 13.0. The Bertz CT molecular complexity index is 775. The first-order valence-electron chi connectivity index (χ1n) is 6.46. The summed E-state index contributed by atoms with van der Waals surface area (Å²) in [5, 5.41) is 2.39. The molecule has 1 amide bonds. The number of amides is 1. The lowest BCUT2D eigenvalue weighted by Crippen LogP contribution is -2.17. The van der Waals surface area contributed by atoms with Crippen molar-refractivity contribution in [1.29, 1.82) is 0 Å². The quantitative estimate of drug-likeness (QED) is 0.845. The van der Waals surface area contributed by atoms with Crippen molar-refractivity contribution < 1.29 is 31.3 Å². The molecule has 1 atom stereocenters. The molecule has 1 N–H and O–H groups in total. The minimum absolute atomic E-state index is 0.00153. The Kier molecular flexibility index (Phi) is 5.23. The number of halogens is 4. The number of rotatable bonds is 4. The normalized spacial score (nSPS) is 12.5. The molecule has 4 nitrogen and oxygen atoms in total. The summed E-state index contributed by atoms with van der Waals surface area (Å²) in [6.07, 6.45) is -3.50. The number of ether oxygens (including phenoxy) is 1. The summed E-state index contributed by atoms with van der Waals surface area (Å²) in [6.45, 7) is 0. The summed E-state index contributed by atoms with van der Waals surface area (Å²) in [7, 11) is -1.50. The summed E-state index contributed by atoms with van der Waals surface area (Å²) in [5.74, 6) is -1.83. The van der Waals surface area contributed by atoms with Gasteiger partial charge < -0.3 is 10.1 Å². The van der Waals surface area contributed by atoms with E-state index >= 15 is 0 Å². The Balaban J connectivity index is 2.10. The highest BCUT2D eigenvalue weighted by Crippen LogP contribution is 2.23. The minimum Gasteiger partial charge on any atom is -0.406 e. The van der Waals surface area contributed by atoms with Gasteiger partial charge in [-0.05, 0) is 42.5 Å². The molecule has 128 valence electrons. The molecule has 0 bridgehead atoms. The SMILES string of the molecule is CS(=O)c1ccc(NC(=O)c2ccc(OC(F)(F)F)cc2)cc1F. The second-order valence-electron chi connectivity index (χ2n) is 4.63. The fraction of sp³-hybridized carbons (Fsp3) is 0.133. The van der Waals surface area contributed by atoms with Crippen molar-refractivity contribution in [3.8, 4) is 5.75 Å². The van der Waals surface area contributed by atoms with Gasteiger partial charge in [0, 0.05) is 17.5 Å². The van der Waals surface area contributed by atoms with Crippen molar-refractivity contribution in [1.82, 2.24) is 0 Å². The third kappa shape index (κ3) is 4.79. The molecule has 0 aliphatic heterocycles. The first kappa shape index (κ1) is 17.9. The van der Waals surface area contributed by atoms with Crippen molar-refractivity contribution in [3.05, 3.63) is 53.8 Å². The topological polar surface area (TPSA) is 55.4 Å². The Labute approximate surface area is 136 Å². The monoisotopic (exact) mass is 361 g/mol. The second-order valence-corrected chi connectivity index (χ2v) is 5.97. The van der Waals surface area contributed by atoms with Crippen LogP contribution in [-0.4, -0.2) is 22.7 Å². The summed E-state index contributed by atoms with van der Waals surface area (Å²) >= 11 is 0. The first-order chi connectivity index (χ1) is 11.2. The summed E-state index contributed by atoms with van der Waals surface area (Å²) in [6, 6.07) is 7.93. The average Bonchev–Trinajstić information content (AvgIpc) is 2.45. The number of benzene rings is 2. The molecule has 0 aliphatic rings. The van der Waals surface area contributed by atoms with Crippen molar-refractivity contribution in [3.63, 3.8) is 0 Å². The standard InChI is InChI=1S/C15H11F4NO3S/c1-24(22)13-7-4-10(8-12(13)16)20-14(21)9-2-5-11(6-3-9)23-15(17,18)19/h2-8H,1H3,(H,20,21). The van der Waals surface area contributed by atoms with Crippen molar-refractivity contribution in [2.75, 3.05) is 11.6 Å². The number of hydrogen-bond donors (Lipinski definition) is 1. The Morgan fingerprint density at radius 1 is 1.12 bits per heavy atom. The van der Waals surface area contributed by atoms with Crippen LogP contribution in [0.1, 0.15) is 10.4 Å². The molecule has 0 aliphatic carbocycles. The zero-order chi connectivity index (χ0) is 17.9. The van der Waals surface area contributed by atoms with Crippen LogP contribution in [0.3, 0.4) is 0 Å². The van der Waals surface area contributed by atoms with Gasteiger partial charge in [0.25, 0.3) is 5.91 Å². The molecule has 2 rings (SSSR count). The van der Waals surface area contributed by atoms with Gasteiger partial charge in [-0.25, -0.2) is 4.39 Å². The van der Waals surface area contributed by atoms with E-state index in [4.69, 9.17) is 0 Å². The smallest absolute Gasteiger partial charge is 0.406 e. The molecule has 0 aromatic heterocycles. The third-order valence-corrected chi connectivity index (χ3v) is 3.80. The van der Waals surface area contributed by atoms with Crippen LogP contribution in [0.5, 0.6) is 5.75 Å². The van der Waals surface area contributed by atoms with Gasteiger partial charge in [0.1, 0.15) is 11.6 Å². The molecule has 0 saturated heterocycles. The van der Waals surface area contributed by atoms with E-state index in [-0.39, 0.29) is 16.1 Å².